The van der Waals surface area contributed by atoms with Gasteiger partial charge < -0.3 is 15.1 Å². The average Bonchev–Trinajstić information content (AvgIpc) is 3.37. The number of likely N-dealkylation sites (tertiary alicyclic amines) is 1. The van der Waals surface area contributed by atoms with E-state index in [0.29, 0.717) is 6.54 Å². The lowest BCUT2D eigenvalue weighted by atomic mass is 9.95. The largest absolute Gasteiger partial charge is 0.357 e. The van der Waals surface area contributed by atoms with Crippen molar-refractivity contribution in [3.63, 3.8) is 0 Å². The summed E-state index contributed by atoms with van der Waals surface area (Å²) in [6.45, 7) is 10.7. The molecule has 1 aliphatic carbocycles. The number of aliphatic imine (C=N–C) groups is 1. The first-order valence-corrected chi connectivity index (χ1v) is 11.9. The summed E-state index contributed by atoms with van der Waals surface area (Å²) in [7, 11) is 0. The molecule has 1 atom stereocenters. The minimum atomic E-state index is -0.148. The lowest BCUT2D eigenvalue weighted by Crippen LogP contribution is -2.57. The number of hydrogen-bond acceptors (Lipinski definition) is 3. The Labute approximate surface area is 185 Å². The molecule has 1 unspecified atom stereocenters. The molecule has 2 saturated heterocycles. The third kappa shape index (κ3) is 4.86. The molecule has 1 amide bonds. The molecule has 31 heavy (non-hydrogen) atoms. The zero-order valence-corrected chi connectivity index (χ0v) is 18.9. The number of benzene rings is 1. The Bertz CT molecular complexity index is 795. The van der Waals surface area contributed by atoms with E-state index in [4.69, 9.17) is 4.99 Å². The number of piperazine rings is 1. The molecule has 3 fully saturated rings. The first kappa shape index (κ1) is 22.1. The van der Waals surface area contributed by atoms with Crippen LogP contribution >= 0.6 is 0 Å². The van der Waals surface area contributed by atoms with Crippen molar-refractivity contribution in [2.45, 2.75) is 51.0 Å². The second-order valence-corrected chi connectivity index (χ2v) is 9.16. The number of nitrogens with one attached hydrogen (secondary N) is 1. The molecule has 4 rings (SSSR count). The van der Waals surface area contributed by atoms with E-state index in [1.807, 2.05) is 24.0 Å². The number of guanidine groups is 1. The van der Waals surface area contributed by atoms with Crippen LogP contribution in [0.4, 0.5) is 4.39 Å². The lowest BCUT2D eigenvalue weighted by molar-refractivity contribution is -0.135. The second kappa shape index (κ2) is 9.55. The standard InChI is InChI=1S/C24H36FN5O/c1-3-26-23(27-18-24(10-11-24)20-8-4-5-9-21(20)25)30-16-14-28(15-17-30)19(2)22(31)29-12-6-7-13-29/h4-5,8-9,19H,3,6-7,10-18H2,1-2H3,(H,26,27). The maximum absolute atomic E-state index is 14.3. The third-order valence-corrected chi connectivity index (χ3v) is 7.10. The Morgan fingerprint density at radius 2 is 1.77 bits per heavy atom. The number of carbonyl (C=O) groups excluding carboxylic acids is 1. The molecule has 0 spiro atoms. The number of carbonyl (C=O) groups is 1. The van der Waals surface area contributed by atoms with Crippen molar-refractivity contribution in [3.8, 4) is 0 Å². The summed E-state index contributed by atoms with van der Waals surface area (Å²) in [4.78, 5) is 24.3. The quantitative estimate of drug-likeness (QED) is 0.558. The molecular weight excluding hydrogens is 393 g/mol. The number of amides is 1. The summed E-state index contributed by atoms with van der Waals surface area (Å²) in [5.41, 5.74) is 0.651. The van der Waals surface area contributed by atoms with Gasteiger partial charge in [0.15, 0.2) is 5.96 Å². The van der Waals surface area contributed by atoms with Crippen LogP contribution in [0.1, 0.15) is 45.1 Å². The summed E-state index contributed by atoms with van der Waals surface area (Å²) < 4.78 is 14.3. The van der Waals surface area contributed by atoms with Gasteiger partial charge in [-0.3, -0.25) is 14.7 Å². The number of hydrogen-bond donors (Lipinski definition) is 1. The number of nitrogens with zero attached hydrogens (tertiary/aromatic N) is 4. The molecular formula is C24H36FN5O. The number of rotatable bonds is 6. The minimum absolute atomic E-state index is 0.0597. The highest BCUT2D eigenvalue weighted by atomic mass is 19.1. The summed E-state index contributed by atoms with van der Waals surface area (Å²) in [5, 5.41) is 3.42. The van der Waals surface area contributed by atoms with Crippen molar-refractivity contribution in [1.29, 1.82) is 0 Å². The van der Waals surface area contributed by atoms with Crippen LogP contribution in [0.5, 0.6) is 0 Å². The molecule has 0 bridgehead atoms. The van der Waals surface area contributed by atoms with E-state index < -0.39 is 0 Å². The molecule has 2 aliphatic heterocycles. The fraction of sp³-hybridized carbons (Fsp3) is 0.667. The van der Waals surface area contributed by atoms with Crippen molar-refractivity contribution < 1.29 is 9.18 Å². The zero-order chi connectivity index (χ0) is 21.8. The molecule has 7 heteroatoms. The van der Waals surface area contributed by atoms with E-state index in [1.54, 1.807) is 12.1 Å². The van der Waals surface area contributed by atoms with E-state index in [-0.39, 0.29) is 23.2 Å². The Hall–Kier alpha value is -2.15. The highest BCUT2D eigenvalue weighted by molar-refractivity contribution is 5.82. The van der Waals surface area contributed by atoms with Gasteiger partial charge in [-0.15, -0.1) is 0 Å². The van der Waals surface area contributed by atoms with Crippen LogP contribution in [0, 0.1) is 5.82 Å². The van der Waals surface area contributed by atoms with Gasteiger partial charge >= 0.3 is 0 Å². The van der Waals surface area contributed by atoms with Gasteiger partial charge in [0.25, 0.3) is 0 Å². The molecule has 1 saturated carbocycles. The van der Waals surface area contributed by atoms with Gasteiger partial charge in [-0.1, -0.05) is 18.2 Å². The van der Waals surface area contributed by atoms with Crippen LogP contribution in [0.2, 0.25) is 0 Å². The highest BCUT2D eigenvalue weighted by Crippen LogP contribution is 2.49. The van der Waals surface area contributed by atoms with Crippen molar-refractivity contribution in [3.05, 3.63) is 35.6 Å². The van der Waals surface area contributed by atoms with Crippen LogP contribution in [0.15, 0.2) is 29.3 Å². The summed E-state index contributed by atoms with van der Waals surface area (Å²) >= 11 is 0. The van der Waals surface area contributed by atoms with Crippen LogP contribution < -0.4 is 5.32 Å². The molecule has 170 valence electrons. The van der Waals surface area contributed by atoms with Crippen molar-refractivity contribution >= 4 is 11.9 Å². The third-order valence-electron chi connectivity index (χ3n) is 7.10. The summed E-state index contributed by atoms with van der Waals surface area (Å²) in [5.74, 6) is 1.06. The van der Waals surface area contributed by atoms with Crippen LogP contribution in [-0.2, 0) is 10.2 Å². The van der Waals surface area contributed by atoms with Crippen LogP contribution in [-0.4, -0.2) is 85.0 Å². The van der Waals surface area contributed by atoms with E-state index in [9.17, 15) is 9.18 Å². The Kier molecular flexibility index (Phi) is 6.80. The summed E-state index contributed by atoms with van der Waals surface area (Å²) in [6.07, 6.45) is 4.23. The van der Waals surface area contributed by atoms with Gasteiger partial charge in [0.2, 0.25) is 5.91 Å². The molecule has 0 aromatic heterocycles. The fourth-order valence-electron chi connectivity index (χ4n) is 4.89. The summed E-state index contributed by atoms with van der Waals surface area (Å²) in [6, 6.07) is 7.06. The lowest BCUT2D eigenvalue weighted by Gasteiger charge is -2.39. The molecule has 1 aromatic rings. The zero-order valence-electron chi connectivity index (χ0n) is 18.9. The molecule has 6 nitrogen and oxygen atoms in total. The van der Waals surface area contributed by atoms with Gasteiger partial charge in [-0.05, 0) is 51.2 Å². The fourth-order valence-corrected chi connectivity index (χ4v) is 4.89. The Morgan fingerprint density at radius 1 is 1.10 bits per heavy atom. The topological polar surface area (TPSA) is 51.2 Å². The molecule has 1 N–H and O–H groups in total. The first-order valence-electron chi connectivity index (χ1n) is 11.9. The van der Waals surface area contributed by atoms with Gasteiger partial charge in [0, 0.05) is 51.2 Å². The number of halogens is 1. The highest BCUT2D eigenvalue weighted by Gasteiger charge is 2.46. The van der Waals surface area contributed by atoms with Crippen molar-refractivity contribution in [2.75, 3.05) is 52.4 Å². The van der Waals surface area contributed by atoms with Gasteiger partial charge in [-0.2, -0.15) is 0 Å². The molecule has 1 aromatic carbocycles. The SMILES string of the molecule is CCNC(=NCC1(c2ccccc2F)CC1)N1CCN(C(C)C(=O)N2CCCC2)CC1. The monoisotopic (exact) mass is 429 g/mol. The molecule has 2 heterocycles. The van der Waals surface area contributed by atoms with Crippen molar-refractivity contribution in [1.82, 2.24) is 20.0 Å². The normalized spacial score (nSPS) is 22.5. The van der Waals surface area contributed by atoms with Crippen LogP contribution in [0.25, 0.3) is 0 Å². The van der Waals surface area contributed by atoms with E-state index in [1.165, 1.54) is 0 Å². The van der Waals surface area contributed by atoms with Gasteiger partial charge in [0.05, 0.1) is 12.6 Å². The maximum Gasteiger partial charge on any atom is 0.239 e. The van der Waals surface area contributed by atoms with Crippen molar-refractivity contribution in [2.24, 2.45) is 4.99 Å². The van der Waals surface area contributed by atoms with E-state index >= 15 is 0 Å². The smallest absolute Gasteiger partial charge is 0.239 e. The average molecular weight is 430 g/mol. The van der Waals surface area contributed by atoms with Gasteiger partial charge in [0.1, 0.15) is 5.82 Å². The Morgan fingerprint density at radius 3 is 2.39 bits per heavy atom. The maximum atomic E-state index is 14.3. The van der Waals surface area contributed by atoms with E-state index in [2.05, 4.69) is 22.0 Å². The first-order chi connectivity index (χ1) is 15.0. The predicted molar refractivity (Wildman–Crippen MR) is 122 cm³/mol. The predicted octanol–water partition coefficient (Wildman–Crippen LogP) is 2.45. The molecule has 0 radical (unpaired) electrons. The minimum Gasteiger partial charge on any atom is -0.357 e. The molecule has 3 aliphatic rings. The van der Waals surface area contributed by atoms with Gasteiger partial charge in [-0.25, -0.2) is 4.39 Å². The second-order valence-electron chi connectivity index (χ2n) is 9.16. The van der Waals surface area contributed by atoms with E-state index in [0.717, 1.165) is 83.0 Å². The van der Waals surface area contributed by atoms with Crippen LogP contribution in [0.3, 0.4) is 0 Å². The Balaban J connectivity index is 1.36.